The van der Waals surface area contributed by atoms with Crippen LogP contribution in [0.5, 0.6) is 0 Å². The molecule has 0 radical (unpaired) electrons. The Bertz CT molecular complexity index is 635. The molecule has 1 aliphatic rings. The van der Waals surface area contributed by atoms with E-state index in [4.69, 9.17) is 0 Å². The Kier molecular flexibility index (Phi) is 3.66. The molecule has 2 heterocycles. The highest BCUT2D eigenvalue weighted by Gasteiger charge is 2.22. The number of nitrogens with one attached hydrogen (secondary N) is 1. The van der Waals surface area contributed by atoms with Crippen molar-refractivity contribution in [3.05, 3.63) is 47.5 Å². The normalized spacial score (nSPS) is 14.8. The smallest absolute Gasteiger partial charge is 0.276 e. The quantitative estimate of drug-likeness (QED) is 0.905. The number of hydrogen-bond acceptors (Lipinski definition) is 4. The summed E-state index contributed by atoms with van der Waals surface area (Å²) < 4.78 is 14.6. The molecule has 0 aliphatic carbocycles. The summed E-state index contributed by atoms with van der Waals surface area (Å²) in [6.45, 7) is 2.10. The van der Waals surface area contributed by atoms with Crippen LogP contribution < -0.4 is 5.32 Å². The van der Waals surface area contributed by atoms with E-state index >= 15 is 0 Å². The fourth-order valence-corrected chi connectivity index (χ4v) is 2.14. The second-order valence-corrected chi connectivity index (χ2v) is 5.18. The van der Waals surface area contributed by atoms with E-state index < -0.39 is 0 Å². The highest BCUT2D eigenvalue weighted by molar-refractivity contribution is 5.91. The molecule has 1 aliphatic heterocycles. The predicted octanol–water partition coefficient (Wildman–Crippen LogP) is 0.834. The Morgan fingerprint density at radius 3 is 2.76 bits per heavy atom. The highest BCUT2D eigenvalue weighted by atomic mass is 19.1. The first-order chi connectivity index (χ1) is 10.1. The van der Waals surface area contributed by atoms with Gasteiger partial charge in [0, 0.05) is 26.7 Å². The van der Waals surface area contributed by atoms with E-state index in [1.165, 1.54) is 12.1 Å². The van der Waals surface area contributed by atoms with Gasteiger partial charge in [-0.1, -0.05) is 17.3 Å². The number of aromatic nitrogens is 3. The van der Waals surface area contributed by atoms with Gasteiger partial charge in [0.05, 0.1) is 12.2 Å². The first-order valence-electron chi connectivity index (χ1n) is 6.76. The second-order valence-electron chi connectivity index (χ2n) is 5.18. The topological polar surface area (TPSA) is 63.1 Å². The number of amides is 1. The molecule has 6 nitrogen and oxygen atoms in total. The zero-order chi connectivity index (χ0) is 14.8. The molecule has 7 heteroatoms. The Morgan fingerprint density at radius 2 is 2.14 bits per heavy atom. The van der Waals surface area contributed by atoms with Gasteiger partial charge in [-0.05, 0) is 17.7 Å². The summed E-state index contributed by atoms with van der Waals surface area (Å²) in [6.07, 6.45) is 1.68. The van der Waals surface area contributed by atoms with E-state index in [1.54, 1.807) is 35.0 Å². The van der Waals surface area contributed by atoms with Crippen molar-refractivity contribution in [2.75, 3.05) is 20.1 Å². The monoisotopic (exact) mass is 289 g/mol. The van der Waals surface area contributed by atoms with Gasteiger partial charge >= 0.3 is 0 Å². The summed E-state index contributed by atoms with van der Waals surface area (Å²) in [5.41, 5.74) is 1.19. The van der Waals surface area contributed by atoms with Crippen molar-refractivity contribution >= 4 is 5.91 Å². The van der Waals surface area contributed by atoms with E-state index in [1.807, 2.05) is 0 Å². The molecule has 0 saturated carbocycles. The van der Waals surface area contributed by atoms with E-state index in [0.717, 1.165) is 18.7 Å². The largest absolute Gasteiger partial charge is 0.336 e. The highest BCUT2D eigenvalue weighted by Crippen LogP contribution is 2.12. The lowest BCUT2D eigenvalue weighted by atomic mass is 10.2. The maximum Gasteiger partial charge on any atom is 0.276 e. The SMILES string of the molecule is CN(Cc1ccc(F)cc1)C(=O)c1cn(C2CNC2)nn1. The number of halogens is 1. The van der Waals surface area contributed by atoms with Crippen LogP contribution in [0.1, 0.15) is 22.1 Å². The summed E-state index contributed by atoms with van der Waals surface area (Å²) in [6, 6.07) is 6.37. The molecule has 0 unspecified atom stereocenters. The van der Waals surface area contributed by atoms with Gasteiger partial charge in [-0.3, -0.25) is 4.79 Å². The van der Waals surface area contributed by atoms with Crippen molar-refractivity contribution in [2.45, 2.75) is 12.6 Å². The van der Waals surface area contributed by atoms with Crippen LogP contribution in [-0.4, -0.2) is 45.9 Å². The lowest BCUT2D eigenvalue weighted by Gasteiger charge is -2.26. The van der Waals surface area contributed by atoms with Crippen LogP contribution in [0.4, 0.5) is 4.39 Å². The molecule has 0 bridgehead atoms. The maximum atomic E-state index is 12.9. The van der Waals surface area contributed by atoms with E-state index in [0.29, 0.717) is 12.2 Å². The van der Waals surface area contributed by atoms with Gasteiger partial charge in [-0.2, -0.15) is 0 Å². The third kappa shape index (κ3) is 2.92. The molecule has 1 amide bonds. The van der Waals surface area contributed by atoms with Gasteiger partial charge in [0.2, 0.25) is 0 Å². The average Bonchev–Trinajstić information content (AvgIpc) is 2.87. The molecule has 1 saturated heterocycles. The van der Waals surface area contributed by atoms with Crippen LogP contribution in [-0.2, 0) is 6.54 Å². The van der Waals surface area contributed by atoms with Crippen molar-refractivity contribution in [1.82, 2.24) is 25.2 Å². The van der Waals surface area contributed by atoms with Crippen molar-refractivity contribution in [2.24, 2.45) is 0 Å². The average molecular weight is 289 g/mol. The summed E-state index contributed by atoms with van der Waals surface area (Å²) in [4.78, 5) is 13.8. The van der Waals surface area contributed by atoms with Crippen molar-refractivity contribution in [1.29, 1.82) is 0 Å². The Hall–Kier alpha value is -2.28. The van der Waals surface area contributed by atoms with Crippen LogP contribution in [0.15, 0.2) is 30.5 Å². The molecular formula is C14H16FN5O. The maximum absolute atomic E-state index is 12.9. The lowest BCUT2D eigenvalue weighted by Crippen LogP contribution is -2.43. The van der Waals surface area contributed by atoms with Gasteiger partial charge in [0.1, 0.15) is 5.82 Å². The Labute approximate surface area is 121 Å². The van der Waals surface area contributed by atoms with Gasteiger partial charge in [-0.25, -0.2) is 9.07 Å². The Balaban J connectivity index is 1.66. The first kappa shape index (κ1) is 13.7. The van der Waals surface area contributed by atoms with E-state index in [-0.39, 0.29) is 17.8 Å². The molecule has 2 aromatic rings. The second kappa shape index (κ2) is 5.61. The van der Waals surface area contributed by atoms with Crippen LogP contribution >= 0.6 is 0 Å². The zero-order valence-corrected chi connectivity index (χ0v) is 11.7. The molecule has 21 heavy (non-hydrogen) atoms. The van der Waals surface area contributed by atoms with Crippen molar-refractivity contribution in [3.63, 3.8) is 0 Å². The third-order valence-corrected chi connectivity index (χ3v) is 3.54. The van der Waals surface area contributed by atoms with Gasteiger partial charge in [-0.15, -0.1) is 5.10 Å². The third-order valence-electron chi connectivity index (χ3n) is 3.54. The predicted molar refractivity (Wildman–Crippen MR) is 74.1 cm³/mol. The van der Waals surface area contributed by atoms with Gasteiger partial charge in [0.25, 0.3) is 5.91 Å². The lowest BCUT2D eigenvalue weighted by molar-refractivity contribution is 0.0779. The van der Waals surface area contributed by atoms with Crippen molar-refractivity contribution < 1.29 is 9.18 Å². The molecule has 1 N–H and O–H groups in total. The minimum Gasteiger partial charge on any atom is -0.336 e. The number of nitrogens with zero attached hydrogens (tertiary/aromatic N) is 4. The number of hydrogen-bond donors (Lipinski definition) is 1. The molecule has 1 aromatic heterocycles. The van der Waals surface area contributed by atoms with Gasteiger partial charge < -0.3 is 10.2 Å². The van der Waals surface area contributed by atoms with Crippen LogP contribution in [0, 0.1) is 5.82 Å². The van der Waals surface area contributed by atoms with Crippen LogP contribution in [0.2, 0.25) is 0 Å². The molecule has 1 aromatic carbocycles. The fraction of sp³-hybridized carbons (Fsp3) is 0.357. The number of carbonyl (C=O) groups excluding carboxylic acids is 1. The summed E-state index contributed by atoms with van der Waals surface area (Å²) in [7, 11) is 1.69. The summed E-state index contributed by atoms with van der Waals surface area (Å²) >= 11 is 0. The summed E-state index contributed by atoms with van der Waals surface area (Å²) in [5.74, 6) is -0.484. The first-order valence-corrected chi connectivity index (χ1v) is 6.76. The molecular weight excluding hydrogens is 273 g/mol. The minimum atomic E-state index is -0.287. The number of carbonyl (C=O) groups is 1. The minimum absolute atomic E-state index is 0.196. The Morgan fingerprint density at radius 1 is 1.43 bits per heavy atom. The molecule has 1 fully saturated rings. The van der Waals surface area contributed by atoms with Crippen LogP contribution in [0.3, 0.4) is 0 Å². The fourth-order valence-electron chi connectivity index (χ4n) is 2.14. The number of benzene rings is 1. The standard InChI is InChI=1S/C14H16FN5O/c1-19(8-10-2-4-11(15)5-3-10)14(21)13-9-20(18-17-13)12-6-16-7-12/h2-5,9,12,16H,6-8H2,1H3. The molecule has 0 spiro atoms. The van der Waals surface area contributed by atoms with Crippen LogP contribution in [0.25, 0.3) is 0 Å². The summed E-state index contributed by atoms with van der Waals surface area (Å²) in [5, 5.41) is 11.1. The zero-order valence-electron chi connectivity index (χ0n) is 11.7. The molecule has 3 rings (SSSR count). The van der Waals surface area contributed by atoms with Crippen molar-refractivity contribution in [3.8, 4) is 0 Å². The molecule has 0 atom stereocenters. The van der Waals surface area contributed by atoms with E-state index in [9.17, 15) is 9.18 Å². The van der Waals surface area contributed by atoms with E-state index in [2.05, 4.69) is 15.6 Å². The number of rotatable bonds is 4. The van der Waals surface area contributed by atoms with Gasteiger partial charge in [0.15, 0.2) is 5.69 Å². The molecule has 110 valence electrons.